The highest BCUT2D eigenvalue weighted by Gasteiger charge is 2.40. The van der Waals surface area contributed by atoms with Gasteiger partial charge in [0.05, 0.1) is 13.2 Å². The number of thioether (sulfide) groups is 1. The second-order valence-corrected chi connectivity index (χ2v) is 7.48. The molecule has 0 aromatic heterocycles. The zero-order valence-electron chi connectivity index (χ0n) is 13.3. The maximum Gasteiger partial charge on any atom is 0.241 e. The summed E-state index contributed by atoms with van der Waals surface area (Å²) in [6, 6.07) is 7.70. The highest BCUT2D eigenvalue weighted by molar-refractivity contribution is 7.99. The predicted molar refractivity (Wildman–Crippen MR) is 87.6 cm³/mol. The second-order valence-electron chi connectivity index (χ2n) is 5.96. The lowest BCUT2D eigenvalue weighted by molar-refractivity contribution is -0.130. The van der Waals surface area contributed by atoms with E-state index in [9.17, 15) is 4.79 Å². The largest absolute Gasteiger partial charge is 0.496 e. The van der Waals surface area contributed by atoms with Crippen molar-refractivity contribution in [3.63, 3.8) is 0 Å². The average molecular weight is 308 g/mol. The van der Waals surface area contributed by atoms with Crippen LogP contribution in [0.5, 0.6) is 5.75 Å². The molecule has 116 valence electrons. The highest BCUT2D eigenvalue weighted by Crippen LogP contribution is 2.34. The molecular formula is C16H24N2O2S. The smallest absolute Gasteiger partial charge is 0.241 e. The number of amides is 1. The molecule has 1 aliphatic heterocycles. The Labute approximate surface area is 131 Å². The van der Waals surface area contributed by atoms with Crippen LogP contribution in [-0.4, -0.2) is 41.5 Å². The Morgan fingerprint density at radius 2 is 2.05 bits per heavy atom. The van der Waals surface area contributed by atoms with E-state index in [0.717, 1.165) is 11.3 Å². The van der Waals surface area contributed by atoms with Gasteiger partial charge in [-0.05, 0) is 33.1 Å². The summed E-state index contributed by atoms with van der Waals surface area (Å²) in [5, 5.41) is 3.38. The van der Waals surface area contributed by atoms with Gasteiger partial charge in [0.1, 0.15) is 11.9 Å². The fraction of sp³-hybridized carbons (Fsp3) is 0.562. The molecule has 0 aliphatic carbocycles. The number of hydrogen-bond acceptors (Lipinski definition) is 4. The average Bonchev–Trinajstić information content (AvgIpc) is 2.75. The van der Waals surface area contributed by atoms with Crippen molar-refractivity contribution in [2.24, 2.45) is 0 Å². The third-order valence-electron chi connectivity index (χ3n) is 3.91. The lowest BCUT2D eigenvalue weighted by Gasteiger charge is -2.33. The molecule has 0 spiro atoms. The molecule has 21 heavy (non-hydrogen) atoms. The molecule has 2 rings (SSSR count). The Morgan fingerprint density at radius 1 is 1.38 bits per heavy atom. The van der Waals surface area contributed by atoms with Gasteiger partial charge in [-0.1, -0.05) is 18.2 Å². The Bertz CT molecular complexity index is 519. The van der Waals surface area contributed by atoms with Gasteiger partial charge in [0.25, 0.3) is 0 Å². The van der Waals surface area contributed by atoms with E-state index in [-0.39, 0.29) is 22.9 Å². The quantitative estimate of drug-likeness (QED) is 0.908. The van der Waals surface area contributed by atoms with Crippen molar-refractivity contribution in [1.82, 2.24) is 10.2 Å². The summed E-state index contributed by atoms with van der Waals surface area (Å²) < 4.78 is 5.47. The first-order valence-electron chi connectivity index (χ1n) is 7.14. The first-order valence-corrected chi connectivity index (χ1v) is 8.36. The van der Waals surface area contributed by atoms with E-state index in [0.29, 0.717) is 6.54 Å². The van der Waals surface area contributed by atoms with E-state index in [4.69, 9.17) is 4.74 Å². The number of carbonyl (C=O) groups excluding carboxylic acids is 1. The first kappa shape index (κ1) is 16.2. The van der Waals surface area contributed by atoms with Crippen LogP contribution in [-0.2, 0) is 4.79 Å². The van der Waals surface area contributed by atoms with Gasteiger partial charge in [-0.2, -0.15) is 11.8 Å². The fourth-order valence-corrected chi connectivity index (χ4v) is 2.84. The van der Waals surface area contributed by atoms with Crippen molar-refractivity contribution in [2.45, 2.75) is 37.7 Å². The first-order chi connectivity index (χ1) is 9.89. The number of benzene rings is 1. The van der Waals surface area contributed by atoms with Crippen molar-refractivity contribution in [3.8, 4) is 5.75 Å². The van der Waals surface area contributed by atoms with E-state index < -0.39 is 0 Å². The van der Waals surface area contributed by atoms with Crippen LogP contribution in [0.1, 0.15) is 32.5 Å². The van der Waals surface area contributed by atoms with Gasteiger partial charge in [-0.3, -0.25) is 10.1 Å². The van der Waals surface area contributed by atoms with Gasteiger partial charge in [0.15, 0.2) is 0 Å². The van der Waals surface area contributed by atoms with Crippen molar-refractivity contribution in [3.05, 3.63) is 29.8 Å². The molecule has 1 N–H and O–H groups in total. The van der Waals surface area contributed by atoms with Crippen LogP contribution >= 0.6 is 11.8 Å². The van der Waals surface area contributed by atoms with E-state index in [1.165, 1.54) is 0 Å². The lowest BCUT2D eigenvalue weighted by Crippen LogP contribution is -2.40. The molecule has 5 heteroatoms. The molecule has 1 amide bonds. The van der Waals surface area contributed by atoms with E-state index in [2.05, 4.69) is 25.4 Å². The summed E-state index contributed by atoms with van der Waals surface area (Å²) in [5.74, 6) is 0.955. The molecule has 1 aliphatic rings. The third-order valence-corrected chi connectivity index (χ3v) is 5.14. The number of nitrogens with zero attached hydrogens (tertiary/aromatic N) is 1. The second kappa shape index (κ2) is 6.28. The van der Waals surface area contributed by atoms with Crippen LogP contribution in [0.3, 0.4) is 0 Å². The Hall–Kier alpha value is -1.20. The van der Waals surface area contributed by atoms with Crippen LogP contribution in [0.2, 0.25) is 0 Å². The van der Waals surface area contributed by atoms with Gasteiger partial charge >= 0.3 is 0 Å². The number of para-hydroxylation sites is 1. The molecule has 1 fully saturated rings. The van der Waals surface area contributed by atoms with Gasteiger partial charge in [0.2, 0.25) is 5.91 Å². The number of ether oxygens (including phenoxy) is 1. The van der Waals surface area contributed by atoms with Crippen molar-refractivity contribution in [2.75, 3.05) is 19.9 Å². The monoisotopic (exact) mass is 308 g/mol. The Kier molecular flexibility index (Phi) is 4.84. The van der Waals surface area contributed by atoms with Crippen molar-refractivity contribution < 1.29 is 9.53 Å². The summed E-state index contributed by atoms with van der Waals surface area (Å²) in [5.41, 5.74) is 1.01. The van der Waals surface area contributed by atoms with Gasteiger partial charge in [-0.25, -0.2) is 0 Å². The molecule has 2 atom stereocenters. The van der Waals surface area contributed by atoms with Gasteiger partial charge in [-0.15, -0.1) is 0 Å². The minimum absolute atomic E-state index is 0.0155. The summed E-state index contributed by atoms with van der Waals surface area (Å²) in [4.78, 5) is 14.4. The number of hydrogen-bond donors (Lipinski definition) is 1. The number of rotatable bonds is 5. The van der Waals surface area contributed by atoms with Gasteiger partial charge in [0, 0.05) is 16.9 Å². The molecule has 1 aromatic rings. The van der Waals surface area contributed by atoms with Crippen LogP contribution in [0.15, 0.2) is 24.3 Å². The predicted octanol–water partition coefficient (Wildman–Crippen LogP) is 2.66. The SMILES string of the molecule is COc1ccccc1C1NC(C)C(=O)N1CC(C)(C)SC. The molecule has 1 aromatic carbocycles. The van der Waals surface area contributed by atoms with E-state index >= 15 is 0 Å². The molecule has 0 saturated carbocycles. The molecule has 0 bridgehead atoms. The summed E-state index contributed by atoms with van der Waals surface area (Å²) in [6.07, 6.45) is 1.95. The molecule has 2 unspecified atom stereocenters. The van der Waals surface area contributed by atoms with Crippen LogP contribution in [0.25, 0.3) is 0 Å². The number of carbonyl (C=O) groups is 1. The fourth-order valence-electron chi connectivity index (χ4n) is 2.57. The normalized spacial score (nSPS) is 22.7. The highest BCUT2D eigenvalue weighted by atomic mass is 32.2. The number of nitrogens with one attached hydrogen (secondary N) is 1. The minimum atomic E-state index is -0.169. The molecular weight excluding hydrogens is 284 g/mol. The molecule has 4 nitrogen and oxygen atoms in total. The summed E-state index contributed by atoms with van der Waals surface area (Å²) >= 11 is 1.77. The lowest BCUT2D eigenvalue weighted by atomic mass is 10.1. The summed E-state index contributed by atoms with van der Waals surface area (Å²) in [7, 11) is 1.66. The summed E-state index contributed by atoms with van der Waals surface area (Å²) in [6.45, 7) is 6.93. The maximum absolute atomic E-state index is 12.5. The zero-order chi connectivity index (χ0) is 15.6. The Balaban J connectivity index is 2.34. The maximum atomic E-state index is 12.5. The van der Waals surface area contributed by atoms with Gasteiger partial charge < -0.3 is 9.64 Å². The van der Waals surface area contributed by atoms with Crippen molar-refractivity contribution in [1.29, 1.82) is 0 Å². The number of methoxy groups -OCH3 is 1. The Morgan fingerprint density at radius 3 is 2.67 bits per heavy atom. The topological polar surface area (TPSA) is 41.6 Å². The molecule has 1 heterocycles. The van der Waals surface area contributed by atoms with Crippen LogP contribution in [0.4, 0.5) is 0 Å². The minimum Gasteiger partial charge on any atom is -0.496 e. The standard InChI is InChI=1S/C16H24N2O2S/c1-11-15(19)18(10-16(2,3)21-5)14(17-11)12-8-6-7-9-13(12)20-4/h6-9,11,14,17H,10H2,1-5H3. The molecule has 1 saturated heterocycles. The van der Waals surface area contributed by atoms with E-state index in [1.807, 2.05) is 36.1 Å². The molecule has 0 radical (unpaired) electrons. The van der Waals surface area contributed by atoms with Crippen LogP contribution in [0, 0.1) is 0 Å². The van der Waals surface area contributed by atoms with E-state index in [1.54, 1.807) is 18.9 Å². The third kappa shape index (κ3) is 3.35. The zero-order valence-corrected chi connectivity index (χ0v) is 14.2. The van der Waals surface area contributed by atoms with Crippen molar-refractivity contribution >= 4 is 17.7 Å². The van der Waals surface area contributed by atoms with Crippen LogP contribution < -0.4 is 10.1 Å².